The number of rotatable bonds is 5. The zero-order valence-corrected chi connectivity index (χ0v) is 12.8. The second kappa shape index (κ2) is 6.15. The van der Waals surface area contributed by atoms with Gasteiger partial charge in [-0.15, -0.1) is 11.3 Å². The van der Waals surface area contributed by atoms with Gasteiger partial charge in [-0.1, -0.05) is 6.92 Å². The second-order valence-electron chi connectivity index (χ2n) is 4.40. The smallest absolute Gasteiger partial charge is 0.0593 e. The van der Waals surface area contributed by atoms with Crippen molar-refractivity contribution < 1.29 is 0 Å². The Balaban J connectivity index is 2.98. The highest BCUT2D eigenvalue weighted by atomic mass is 79.9. The number of nitrogens with zero attached hydrogens (tertiary/aromatic N) is 1. The molecule has 4 heteroatoms. The largest absolute Gasteiger partial charge is 0.326 e. The van der Waals surface area contributed by atoms with Crippen molar-refractivity contribution in [3.05, 3.63) is 20.8 Å². The number of nitrogens with two attached hydrogens (primary N) is 1. The molecule has 2 nitrogen and oxygen atoms in total. The van der Waals surface area contributed by atoms with Gasteiger partial charge in [0.15, 0.2) is 0 Å². The molecule has 0 aliphatic heterocycles. The molecule has 2 N–H and O–H groups in total. The molecule has 0 aliphatic carbocycles. The van der Waals surface area contributed by atoms with E-state index in [1.807, 2.05) is 0 Å². The third-order valence-electron chi connectivity index (χ3n) is 2.76. The van der Waals surface area contributed by atoms with Gasteiger partial charge in [0.2, 0.25) is 0 Å². The Morgan fingerprint density at radius 3 is 2.38 bits per heavy atom. The van der Waals surface area contributed by atoms with Crippen molar-refractivity contribution in [3.63, 3.8) is 0 Å². The molecule has 0 saturated carbocycles. The lowest BCUT2D eigenvalue weighted by Crippen LogP contribution is -2.42. The standard InChI is InChI=1S/C12H21BrN2S/c1-5-15(8(2)3)12(9(4)14)11-6-10(13)7-16-11/h6-9,12H,5,14H2,1-4H3. The molecule has 1 rings (SSSR count). The lowest BCUT2D eigenvalue weighted by Gasteiger charge is -2.35. The summed E-state index contributed by atoms with van der Waals surface area (Å²) in [6.07, 6.45) is 0. The molecule has 16 heavy (non-hydrogen) atoms. The Labute approximate surface area is 111 Å². The third-order valence-corrected chi connectivity index (χ3v) is 4.53. The van der Waals surface area contributed by atoms with Gasteiger partial charge in [-0.05, 0) is 49.3 Å². The van der Waals surface area contributed by atoms with Crippen LogP contribution in [0.1, 0.15) is 38.6 Å². The molecule has 0 fully saturated rings. The van der Waals surface area contributed by atoms with E-state index in [2.05, 4.69) is 60.0 Å². The van der Waals surface area contributed by atoms with Crippen LogP contribution in [0.5, 0.6) is 0 Å². The molecule has 0 aliphatic rings. The fraction of sp³-hybridized carbons (Fsp3) is 0.667. The predicted molar refractivity (Wildman–Crippen MR) is 75.9 cm³/mol. The van der Waals surface area contributed by atoms with Crippen molar-refractivity contribution >= 4 is 27.3 Å². The van der Waals surface area contributed by atoms with E-state index < -0.39 is 0 Å². The Bertz CT molecular complexity index is 323. The normalized spacial score (nSPS) is 15.8. The van der Waals surface area contributed by atoms with Crippen molar-refractivity contribution in [2.24, 2.45) is 5.73 Å². The highest BCUT2D eigenvalue weighted by Gasteiger charge is 2.26. The first-order chi connectivity index (χ1) is 7.47. The number of halogens is 1. The van der Waals surface area contributed by atoms with Gasteiger partial charge >= 0.3 is 0 Å². The molecule has 0 saturated heterocycles. The molecular weight excluding hydrogens is 284 g/mol. The zero-order valence-electron chi connectivity index (χ0n) is 10.4. The van der Waals surface area contributed by atoms with Crippen LogP contribution in [0, 0.1) is 0 Å². The molecule has 0 bridgehead atoms. The maximum Gasteiger partial charge on any atom is 0.0593 e. The van der Waals surface area contributed by atoms with Crippen molar-refractivity contribution in [1.29, 1.82) is 0 Å². The molecule has 2 unspecified atom stereocenters. The summed E-state index contributed by atoms with van der Waals surface area (Å²) in [6.45, 7) is 9.75. The van der Waals surface area contributed by atoms with E-state index in [4.69, 9.17) is 5.73 Å². The van der Waals surface area contributed by atoms with Gasteiger partial charge in [-0.2, -0.15) is 0 Å². The minimum atomic E-state index is 0.146. The van der Waals surface area contributed by atoms with Gasteiger partial charge in [0.1, 0.15) is 0 Å². The molecule has 0 radical (unpaired) electrons. The highest BCUT2D eigenvalue weighted by Crippen LogP contribution is 2.32. The van der Waals surface area contributed by atoms with Crippen LogP contribution in [0.25, 0.3) is 0 Å². The summed E-state index contributed by atoms with van der Waals surface area (Å²) < 4.78 is 1.15. The molecule has 1 aromatic heterocycles. The average Bonchev–Trinajstić information content (AvgIpc) is 2.59. The summed E-state index contributed by atoms with van der Waals surface area (Å²) in [7, 11) is 0. The molecule has 1 heterocycles. The first-order valence-corrected chi connectivity index (χ1v) is 7.39. The van der Waals surface area contributed by atoms with Crippen molar-refractivity contribution in [3.8, 4) is 0 Å². The van der Waals surface area contributed by atoms with Crippen LogP contribution in [0.2, 0.25) is 0 Å². The summed E-state index contributed by atoms with van der Waals surface area (Å²) in [6, 6.07) is 3.17. The third kappa shape index (κ3) is 3.29. The Morgan fingerprint density at radius 2 is 2.06 bits per heavy atom. The Kier molecular flexibility index (Phi) is 5.44. The lowest BCUT2D eigenvalue weighted by atomic mass is 10.1. The molecule has 0 aromatic carbocycles. The summed E-state index contributed by atoms with van der Waals surface area (Å²) in [5.74, 6) is 0. The summed E-state index contributed by atoms with van der Waals surface area (Å²) in [4.78, 5) is 3.79. The highest BCUT2D eigenvalue weighted by molar-refractivity contribution is 9.10. The number of hydrogen-bond acceptors (Lipinski definition) is 3. The number of hydrogen-bond donors (Lipinski definition) is 1. The van der Waals surface area contributed by atoms with Crippen LogP contribution < -0.4 is 5.73 Å². The van der Waals surface area contributed by atoms with Gasteiger partial charge in [0, 0.05) is 26.8 Å². The minimum Gasteiger partial charge on any atom is -0.326 e. The summed E-state index contributed by atoms with van der Waals surface area (Å²) in [5.41, 5.74) is 6.14. The summed E-state index contributed by atoms with van der Waals surface area (Å²) >= 11 is 5.29. The van der Waals surface area contributed by atoms with Crippen LogP contribution in [0.4, 0.5) is 0 Å². The van der Waals surface area contributed by atoms with Crippen molar-refractivity contribution in [2.45, 2.75) is 45.8 Å². The molecule has 0 spiro atoms. The minimum absolute atomic E-state index is 0.146. The van der Waals surface area contributed by atoms with Crippen molar-refractivity contribution in [2.75, 3.05) is 6.54 Å². The van der Waals surface area contributed by atoms with E-state index >= 15 is 0 Å². The van der Waals surface area contributed by atoms with Crippen LogP contribution in [-0.2, 0) is 0 Å². The van der Waals surface area contributed by atoms with E-state index in [0.29, 0.717) is 12.1 Å². The maximum atomic E-state index is 6.14. The van der Waals surface area contributed by atoms with Crippen LogP contribution >= 0.6 is 27.3 Å². The monoisotopic (exact) mass is 304 g/mol. The SMILES string of the molecule is CCN(C(C)C)C(c1cc(Br)cs1)C(C)N. The number of thiophene rings is 1. The van der Waals surface area contributed by atoms with Gasteiger partial charge in [-0.3, -0.25) is 4.90 Å². The molecule has 0 amide bonds. The average molecular weight is 305 g/mol. The fourth-order valence-corrected chi connectivity index (χ4v) is 3.77. The maximum absolute atomic E-state index is 6.14. The van der Waals surface area contributed by atoms with E-state index in [0.717, 1.165) is 11.0 Å². The Morgan fingerprint density at radius 1 is 1.44 bits per heavy atom. The summed E-state index contributed by atoms with van der Waals surface area (Å²) in [5, 5.41) is 2.12. The van der Waals surface area contributed by atoms with E-state index in [9.17, 15) is 0 Å². The molecular formula is C12H21BrN2S. The van der Waals surface area contributed by atoms with Gasteiger partial charge in [0.05, 0.1) is 6.04 Å². The topological polar surface area (TPSA) is 29.3 Å². The van der Waals surface area contributed by atoms with Gasteiger partial charge < -0.3 is 5.73 Å². The first-order valence-electron chi connectivity index (χ1n) is 5.72. The predicted octanol–water partition coefficient (Wildman–Crippen LogP) is 3.63. The van der Waals surface area contributed by atoms with Crippen LogP contribution in [-0.4, -0.2) is 23.5 Å². The fourth-order valence-electron chi connectivity index (χ4n) is 2.09. The Hall–Kier alpha value is 0.1000. The second-order valence-corrected chi connectivity index (χ2v) is 6.25. The lowest BCUT2D eigenvalue weighted by molar-refractivity contribution is 0.147. The molecule has 92 valence electrons. The molecule has 1 aromatic rings. The first kappa shape index (κ1) is 14.2. The van der Waals surface area contributed by atoms with Crippen LogP contribution in [0.3, 0.4) is 0 Å². The van der Waals surface area contributed by atoms with Gasteiger partial charge in [-0.25, -0.2) is 0 Å². The van der Waals surface area contributed by atoms with E-state index in [1.54, 1.807) is 11.3 Å². The van der Waals surface area contributed by atoms with Crippen LogP contribution in [0.15, 0.2) is 15.9 Å². The van der Waals surface area contributed by atoms with E-state index in [1.165, 1.54) is 4.88 Å². The van der Waals surface area contributed by atoms with E-state index in [-0.39, 0.29) is 6.04 Å². The van der Waals surface area contributed by atoms with Crippen molar-refractivity contribution in [1.82, 2.24) is 4.90 Å². The quantitative estimate of drug-likeness (QED) is 0.900. The van der Waals surface area contributed by atoms with Gasteiger partial charge in [0.25, 0.3) is 0 Å². The molecule has 2 atom stereocenters. The zero-order chi connectivity index (χ0) is 12.3. The number of likely N-dealkylation sites (N-methyl/N-ethyl adjacent to an activating group) is 1.